The predicted octanol–water partition coefficient (Wildman–Crippen LogP) is 1.88. The molecule has 1 saturated heterocycles. The molecule has 1 aromatic carbocycles. The van der Waals surface area contributed by atoms with Crippen LogP contribution in [0.3, 0.4) is 0 Å². The average Bonchev–Trinajstić information content (AvgIpc) is 3.99. The van der Waals surface area contributed by atoms with Gasteiger partial charge in [-0.3, -0.25) is 19.1 Å². The molecule has 2 aromatic heterocycles. The Bertz CT molecular complexity index is 2080. The summed E-state index contributed by atoms with van der Waals surface area (Å²) in [5, 5.41) is 12.6. The van der Waals surface area contributed by atoms with Crippen molar-refractivity contribution in [2.24, 2.45) is 17.4 Å². The van der Waals surface area contributed by atoms with E-state index in [9.17, 15) is 14.4 Å². The molecule has 8 rings (SSSR count). The summed E-state index contributed by atoms with van der Waals surface area (Å²) in [6.07, 6.45) is 8.88. The Hall–Kier alpha value is -5.24. The molecule has 54 heavy (non-hydrogen) atoms. The van der Waals surface area contributed by atoms with E-state index in [1.807, 2.05) is 36.3 Å². The van der Waals surface area contributed by atoms with Crippen LogP contribution in [0, 0.1) is 5.92 Å². The number of hydrogen-bond donors (Lipinski definition) is 5. The molecule has 2 aliphatic heterocycles. The van der Waals surface area contributed by atoms with Crippen LogP contribution in [-0.4, -0.2) is 97.2 Å². The van der Waals surface area contributed by atoms with Gasteiger partial charge in [0.25, 0.3) is 11.8 Å². The highest BCUT2D eigenvalue weighted by Crippen LogP contribution is 2.49. The molecule has 14 nitrogen and oxygen atoms in total. The summed E-state index contributed by atoms with van der Waals surface area (Å²) in [5.41, 5.74) is 18.3. The number of amides is 3. The van der Waals surface area contributed by atoms with Crippen LogP contribution in [0.4, 0.5) is 11.4 Å². The Morgan fingerprint density at radius 1 is 1.00 bits per heavy atom. The molecule has 3 aromatic rings. The number of para-hydroxylation sites is 1. The zero-order valence-electron chi connectivity index (χ0n) is 30.9. The fourth-order valence-electron chi connectivity index (χ4n) is 7.29. The maximum atomic E-state index is 13.1. The number of nitrogens with one attached hydrogen (secondary N) is 3. The SMILES string of the molecule is [B]C([B])(c1cccc(C(=O)N(C)C2CC2)n1)N1CC(n2ncc3c2[C@@H](C)N(C)c2c(NC(/C=C(\N)NC(=O)C4CC4)=C(/N)C(=O)NC4CC4)cccc2-3)C1. The van der Waals surface area contributed by atoms with Gasteiger partial charge in [0.15, 0.2) is 0 Å². The molecule has 4 radical (unpaired) electrons. The molecule has 3 aliphatic carbocycles. The summed E-state index contributed by atoms with van der Waals surface area (Å²) in [6.45, 7) is 3.19. The van der Waals surface area contributed by atoms with E-state index in [4.69, 9.17) is 32.3 Å². The van der Waals surface area contributed by atoms with Gasteiger partial charge in [-0.2, -0.15) is 5.10 Å². The Balaban J connectivity index is 1.03. The van der Waals surface area contributed by atoms with E-state index in [1.54, 1.807) is 30.1 Å². The van der Waals surface area contributed by atoms with Crippen molar-refractivity contribution in [1.82, 2.24) is 35.2 Å². The van der Waals surface area contributed by atoms with Gasteiger partial charge in [0.1, 0.15) is 17.2 Å². The van der Waals surface area contributed by atoms with E-state index in [0.717, 1.165) is 61.0 Å². The van der Waals surface area contributed by atoms with E-state index in [2.05, 4.69) is 37.4 Å². The number of pyridine rings is 1. The third-order valence-electron chi connectivity index (χ3n) is 11.2. The molecule has 0 bridgehead atoms. The molecule has 1 atom stereocenters. The molecule has 16 heteroatoms. The molecule has 0 unspecified atom stereocenters. The number of allylic oxidation sites excluding steroid dienone is 1. The summed E-state index contributed by atoms with van der Waals surface area (Å²) in [7, 11) is 17.3. The Kier molecular flexibility index (Phi) is 8.98. The van der Waals surface area contributed by atoms with Gasteiger partial charge >= 0.3 is 0 Å². The molecule has 3 amide bonds. The minimum Gasteiger partial charge on any atom is -0.393 e. The number of likely N-dealkylation sites (tertiary alicyclic amines) is 1. The lowest BCUT2D eigenvalue weighted by Crippen LogP contribution is -2.60. The zero-order valence-corrected chi connectivity index (χ0v) is 30.9. The molecular weight excluding hydrogens is 680 g/mol. The van der Waals surface area contributed by atoms with Crippen LogP contribution < -0.4 is 32.3 Å². The first-order valence-corrected chi connectivity index (χ1v) is 18.7. The van der Waals surface area contributed by atoms with Crippen molar-refractivity contribution in [3.63, 3.8) is 0 Å². The minimum atomic E-state index is -1.38. The standard InChI is InChI=1S/C38H45B2N11O3/c1-20-33-26(17-43-51(33)24-18-50(19-24)38(39,40)30-9-5-8-28(46-30)37(54)49(3)23-14-15-23)25-6-4-7-27(34(25)48(20)2)45-29(32(42)36(53)44-22-12-13-22)16-31(41)47-35(52)21-10-11-21/h4-9,16-17,20-24,45H,10-15,18-19,41-42H2,1-3H3,(H,44,53)(H,47,52)/b31-16+,32-29+/t20-/m1/s1. The average molecular weight is 725 g/mol. The lowest BCUT2D eigenvalue weighted by Gasteiger charge is -2.50. The van der Waals surface area contributed by atoms with E-state index in [1.165, 1.54) is 6.08 Å². The molecule has 276 valence electrons. The number of hydrogen-bond acceptors (Lipinski definition) is 10. The number of nitrogens with zero attached hydrogens (tertiary/aromatic N) is 6. The minimum absolute atomic E-state index is 0.00280. The molecule has 5 aliphatic rings. The van der Waals surface area contributed by atoms with Crippen molar-refractivity contribution in [3.8, 4) is 11.1 Å². The van der Waals surface area contributed by atoms with Crippen LogP contribution in [-0.2, 0) is 14.9 Å². The third kappa shape index (κ3) is 6.71. The number of nitrogens with two attached hydrogens (primary N) is 2. The fourth-order valence-corrected chi connectivity index (χ4v) is 7.29. The quantitative estimate of drug-likeness (QED) is 0.105. The molecule has 7 N–H and O–H groups in total. The second kappa shape index (κ2) is 13.6. The van der Waals surface area contributed by atoms with E-state index < -0.39 is 11.2 Å². The van der Waals surface area contributed by atoms with Gasteiger partial charge in [0.05, 0.1) is 56.7 Å². The van der Waals surface area contributed by atoms with Gasteiger partial charge in [-0.1, -0.05) is 18.2 Å². The Morgan fingerprint density at radius 3 is 2.41 bits per heavy atom. The maximum absolute atomic E-state index is 13.1. The molecular formula is C38H45B2N11O3. The zero-order chi connectivity index (χ0) is 38.1. The van der Waals surface area contributed by atoms with Crippen LogP contribution in [0.5, 0.6) is 0 Å². The topological polar surface area (TPSA) is 180 Å². The van der Waals surface area contributed by atoms with Gasteiger partial charge < -0.3 is 42.1 Å². The van der Waals surface area contributed by atoms with Crippen LogP contribution in [0.15, 0.2) is 65.9 Å². The van der Waals surface area contributed by atoms with Gasteiger partial charge in [-0.25, -0.2) is 4.98 Å². The number of carbonyl (C=O) groups is 3. The van der Waals surface area contributed by atoms with Crippen molar-refractivity contribution >= 4 is 44.8 Å². The first-order valence-electron chi connectivity index (χ1n) is 18.7. The summed E-state index contributed by atoms with van der Waals surface area (Å²) in [5.74, 6) is -0.630. The highest BCUT2D eigenvalue weighted by atomic mass is 16.2. The lowest BCUT2D eigenvalue weighted by molar-refractivity contribution is -0.121. The summed E-state index contributed by atoms with van der Waals surface area (Å²) in [4.78, 5) is 49.1. The van der Waals surface area contributed by atoms with Crippen LogP contribution >= 0.6 is 0 Å². The Morgan fingerprint density at radius 2 is 1.72 bits per heavy atom. The van der Waals surface area contributed by atoms with Crippen molar-refractivity contribution in [2.75, 3.05) is 37.4 Å². The maximum Gasteiger partial charge on any atom is 0.272 e. The normalized spacial score (nSPS) is 20.6. The number of rotatable bonds is 12. The first kappa shape index (κ1) is 35.8. The predicted molar refractivity (Wildman–Crippen MR) is 207 cm³/mol. The summed E-state index contributed by atoms with van der Waals surface area (Å²) >= 11 is 0. The highest BCUT2D eigenvalue weighted by molar-refractivity contribution is 6.39. The number of benzene rings is 1. The van der Waals surface area contributed by atoms with Crippen molar-refractivity contribution in [3.05, 3.63) is 83.0 Å². The third-order valence-corrected chi connectivity index (χ3v) is 11.2. The summed E-state index contributed by atoms with van der Waals surface area (Å²) in [6, 6.07) is 11.4. The molecule has 0 spiro atoms. The lowest BCUT2D eigenvalue weighted by atomic mass is 9.57. The second-order valence-corrected chi connectivity index (χ2v) is 15.4. The van der Waals surface area contributed by atoms with Gasteiger partial charge in [-0.15, -0.1) is 0 Å². The largest absolute Gasteiger partial charge is 0.393 e. The smallest absolute Gasteiger partial charge is 0.272 e. The van der Waals surface area contributed by atoms with Crippen molar-refractivity contribution in [2.45, 2.75) is 75.0 Å². The first-order chi connectivity index (χ1) is 25.8. The van der Waals surface area contributed by atoms with Crippen molar-refractivity contribution < 1.29 is 14.4 Å². The summed E-state index contributed by atoms with van der Waals surface area (Å²) < 4.78 is 2.06. The van der Waals surface area contributed by atoms with Gasteiger partial charge in [-0.05, 0) is 69.0 Å². The second-order valence-electron chi connectivity index (χ2n) is 15.4. The van der Waals surface area contributed by atoms with Crippen LogP contribution in [0.1, 0.15) is 79.4 Å². The number of fused-ring (bicyclic) bond motifs is 3. The molecule has 3 saturated carbocycles. The van der Waals surface area contributed by atoms with E-state index >= 15 is 0 Å². The van der Waals surface area contributed by atoms with E-state index in [0.29, 0.717) is 30.2 Å². The fraction of sp³-hybridized carbons (Fsp3) is 0.447. The Labute approximate surface area is 317 Å². The number of anilines is 2. The van der Waals surface area contributed by atoms with Crippen LogP contribution in [0.25, 0.3) is 11.1 Å². The van der Waals surface area contributed by atoms with Crippen molar-refractivity contribution in [1.29, 1.82) is 0 Å². The van der Waals surface area contributed by atoms with Gasteiger partial charge in [0.2, 0.25) is 5.91 Å². The monoisotopic (exact) mass is 725 g/mol. The van der Waals surface area contributed by atoms with Gasteiger partial charge in [0, 0.05) is 68.1 Å². The molecule has 4 heterocycles. The molecule has 4 fully saturated rings. The van der Waals surface area contributed by atoms with E-state index in [-0.39, 0.29) is 59.1 Å². The number of aromatic nitrogens is 3. The highest BCUT2D eigenvalue weighted by Gasteiger charge is 2.43. The number of carbonyl (C=O) groups excluding carboxylic acids is 3. The van der Waals surface area contributed by atoms with Crippen LogP contribution in [0.2, 0.25) is 0 Å².